The second-order valence-corrected chi connectivity index (χ2v) is 7.16. The first-order chi connectivity index (χ1) is 11.6. The maximum atomic E-state index is 12.8. The number of rotatable bonds is 2. The van der Waals surface area contributed by atoms with Gasteiger partial charge in [0.25, 0.3) is 5.91 Å². The summed E-state index contributed by atoms with van der Waals surface area (Å²) < 4.78 is 0. The highest BCUT2D eigenvalue weighted by molar-refractivity contribution is 7.12. The van der Waals surface area contributed by atoms with E-state index in [1.807, 2.05) is 55.5 Å². The minimum absolute atomic E-state index is 0.0752. The van der Waals surface area contributed by atoms with Crippen molar-refractivity contribution in [2.75, 3.05) is 5.01 Å². The molecule has 0 fully saturated rings. The number of hydrogen-bond donors (Lipinski definition) is 0. The topological polar surface area (TPSA) is 32.7 Å². The largest absolute Gasteiger partial charge is 0.280 e. The average molecular weight is 332 g/mol. The van der Waals surface area contributed by atoms with Gasteiger partial charge in [-0.05, 0) is 55.0 Å². The molecule has 0 N–H and O–H groups in total. The zero-order valence-electron chi connectivity index (χ0n) is 13.5. The zero-order chi connectivity index (χ0) is 16.7. The van der Waals surface area contributed by atoms with Gasteiger partial charge in [0.15, 0.2) is 0 Å². The fourth-order valence-corrected chi connectivity index (χ4v) is 3.66. The number of carbonyl (C=O) groups excluding carboxylic acids is 1. The van der Waals surface area contributed by atoms with Crippen LogP contribution in [0.1, 0.15) is 16.7 Å². The summed E-state index contributed by atoms with van der Waals surface area (Å²) in [7, 11) is 0. The molecule has 2 heterocycles. The molecule has 4 rings (SSSR count). The Morgan fingerprint density at radius 3 is 2.54 bits per heavy atom. The van der Waals surface area contributed by atoms with E-state index in [1.54, 1.807) is 11.3 Å². The van der Waals surface area contributed by atoms with Crippen LogP contribution in [0.4, 0.5) is 5.69 Å². The molecule has 1 aromatic heterocycles. The van der Waals surface area contributed by atoms with E-state index in [1.165, 1.54) is 9.89 Å². The molecule has 0 saturated carbocycles. The number of carbonyl (C=O) groups is 1. The van der Waals surface area contributed by atoms with Gasteiger partial charge in [-0.25, -0.2) is 0 Å². The first-order valence-corrected chi connectivity index (χ1v) is 8.60. The third-order valence-corrected chi connectivity index (χ3v) is 5.04. The van der Waals surface area contributed by atoms with Crippen molar-refractivity contribution < 1.29 is 4.79 Å². The smallest absolute Gasteiger partial charge is 0.267 e. The molecular formula is C20H16N2OS. The lowest BCUT2D eigenvalue weighted by atomic mass is 10.1. The molecule has 118 valence electrons. The van der Waals surface area contributed by atoms with Crippen molar-refractivity contribution in [1.82, 2.24) is 0 Å². The third-order valence-electron chi connectivity index (χ3n) is 4.09. The predicted molar refractivity (Wildman–Crippen MR) is 102 cm³/mol. The van der Waals surface area contributed by atoms with Gasteiger partial charge in [0.1, 0.15) is 0 Å². The van der Waals surface area contributed by atoms with Crippen molar-refractivity contribution >= 4 is 45.5 Å². The molecule has 3 aromatic rings. The Morgan fingerprint density at radius 1 is 1.00 bits per heavy atom. The fourth-order valence-electron chi connectivity index (χ4n) is 2.84. The van der Waals surface area contributed by atoms with Crippen LogP contribution in [0.3, 0.4) is 0 Å². The number of fused-ring (bicyclic) bond motifs is 1. The Morgan fingerprint density at radius 2 is 1.79 bits per heavy atom. The molecule has 0 bridgehead atoms. The maximum Gasteiger partial charge on any atom is 0.280 e. The molecule has 0 saturated heterocycles. The average Bonchev–Trinajstić information content (AvgIpc) is 3.12. The molecule has 4 heteroatoms. The van der Waals surface area contributed by atoms with Crippen LogP contribution in [0.2, 0.25) is 0 Å². The molecule has 1 aliphatic heterocycles. The van der Waals surface area contributed by atoms with Crippen molar-refractivity contribution in [2.45, 2.75) is 13.8 Å². The first kappa shape index (κ1) is 14.8. The van der Waals surface area contributed by atoms with Crippen molar-refractivity contribution in [2.24, 2.45) is 5.10 Å². The number of amides is 1. The van der Waals surface area contributed by atoms with Crippen LogP contribution in [0.15, 0.2) is 65.3 Å². The molecule has 0 aliphatic carbocycles. The molecule has 0 spiro atoms. The molecule has 0 atom stereocenters. The minimum atomic E-state index is -0.0752. The number of thiophene rings is 1. The number of hydrogen-bond acceptors (Lipinski definition) is 3. The molecule has 1 amide bonds. The second kappa shape index (κ2) is 5.73. The maximum absolute atomic E-state index is 12.8. The van der Waals surface area contributed by atoms with Crippen molar-refractivity contribution in [3.63, 3.8) is 0 Å². The highest BCUT2D eigenvalue weighted by Gasteiger charge is 2.28. The van der Waals surface area contributed by atoms with Crippen LogP contribution >= 0.6 is 11.3 Å². The van der Waals surface area contributed by atoms with Gasteiger partial charge < -0.3 is 0 Å². The second-order valence-electron chi connectivity index (χ2n) is 5.84. The van der Waals surface area contributed by atoms with Crippen LogP contribution in [0.5, 0.6) is 0 Å². The van der Waals surface area contributed by atoms with Crippen LogP contribution in [0, 0.1) is 6.92 Å². The van der Waals surface area contributed by atoms with E-state index < -0.39 is 0 Å². The minimum Gasteiger partial charge on any atom is -0.267 e. The van der Waals surface area contributed by atoms with E-state index in [9.17, 15) is 4.79 Å². The van der Waals surface area contributed by atoms with Crippen molar-refractivity contribution in [1.29, 1.82) is 0 Å². The Hall–Kier alpha value is -2.72. The third kappa shape index (κ3) is 2.55. The lowest BCUT2D eigenvalue weighted by Crippen LogP contribution is -2.21. The molecule has 24 heavy (non-hydrogen) atoms. The SMILES string of the molecule is CC1=NN(c2ccc3ccccc3c2)C(=O)/C1=C\c1ccc(C)s1. The molecule has 2 aromatic carbocycles. The van der Waals surface area contributed by atoms with E-state index in [0.29, 0.717) is 5.57 Å². The zero-order valence-corrected chi connectivity index (χ0v) is 14.3. The number of nitrogens with zero attached hydrogens (tertiary/aromatic N) is 2. The van der Waals surface area contributed by atoms with Gasteiger partial charge in [0.05, 0.1) is 17.0 Å². The molecule has 0 radical (unpaired) electrons. The van der Waals surface area contributed by atoms with Crippen molar-refractivity contribution in [3.05, 3.63) is 69.9 Å². The number of hydrazone groups is 1. The predicted octanol–water partition coefficient (Wildman–Crippen LogP) is 5.02. The van der Waals surface area contributed by atoms with Crippen LogP contribution in [-0.4, -0.2) is 11.6 Å². The Labute approximate surface area is 144 Å². The summed E-state index contributed by atoms with van der Waals surface area (Å²) in [5.41, 5.74) is 2.20. The van der Waals surface area contributed by atoms with Gasteiger partial charge in [0, 0.05) is 9.75 Å². The van der Waals surface area contributed by atoms with E-state index in [-0.39, 0.29) is 5.91 Å². The van der Waals surface area contributed by atoms with Crippen molar-refractivity contribution in [3.8, 4) is 0 Å². The van der Waals surface area contributed by atoms with E-state index in [0.717, 1.165) is 27.0 Å². The number of benzene rings is 2. The lowest BCUT2D eigenvalue weighted by molar-refractivity contribution is -0.114. The standard InChI is InChI=1S/C20H16N2OS/c1-13-7-10-18(24-13)12-19-14(2)21-22(20(19)23)17-9-8-15-5-3-4-6-16(15)11-17/h3-12H,1-2H3/b19-12-. The van der Waals surface area contributed by atoms with Gasteiger partial charge in [-0.1, -0.05) is 30.3 Å². The fraction of sp³-hybridized carbons (Fsp3) is 0.100. The van der Waals surface area contributed by atoms with Crippen LogP contribution < -0.4 is 5.01 Å². The summed E-state index contributed by atoms with van der Waals surface area (Å²) in [5.74, 6) is -0.0752. The lowest BCUT2D eigenvalue weighted by Gasteiger charge is -2.12. The Balaban J connectivity index is 1.72. The number of anilines is 1. The molecule has 3 nitrogen and oxygen atoms in total. The Kier molecular flexibility index (Phi) is 3.54. The highest BCUT2D eigenvalue weighted by atomic mass is 32.1. The monoisotopic (exact) mass is 332 g/mol. The van der Waals surface area contributed by atoms with E-state index >= 15 is 0 Å². The number of aryl methyl sites for hydroxylation is 1. The summed E-state index contributed by atoms with van der Waals surface area (Å²) in [4.78, 5) is 15.1. The summed E-state index contributed by atoms with van der Waals surface area (Å²) >= 11 is 1.68. The molecular weight excluding hydrogens is 316 g/mol. The van der Waals surface area contributed by atoms with E-state index in [4.69, 9.17) is 0 Å². The summed E-state index contributed by atoms with van der Waals surface area (Å²) in [6.07, 6.45) is 1.93. The normalized spacial score (nSPS) is 16.2. The van der Waals surface area contributed by atoms with Gasteiger partial charge in [-0.3, -0.25) is 4.79 Å². The van der Waals surface area contributed by atoms with Gasteiger partial charge in [-0.15, -0.1) is 11.3 Å². The Bertz CT molecular complexity index is 1010. The highest BCUT2D eigenvalue weighted by Crippen LogP contribution is 2.29. The summed E-state index contributed by atoms with van der Waals surface area (Å²) in [6.45, 7) is 3.94. The summed E-state index contributed by atoms with van der Waals surface area (Å²) in [5, 5.41) is 8.21. The summed E-state index contributed by atoms with van der Waals surface area (Å²) in [6, 6.07) is 18.2. The van der Waals surface area contributed by atoms with Crippen LogP contribution in [0.25, 0.3) is 16.8 Å². The quantitative estimate of drug-likeness (QED) is 0.607. The van der Waals surface area contributed by atoms with Crippen LogP contribution in [-0.2, 0) is 4.79 Å². The van der Waals surface area contributed by atoms with Gasteiger partial charge in [-0.2, -0.15) is 10.1 Å². The molecule has 0 unspecified atom stereocenters. The van der Waals surface area contributed by atoms with Gasteiger partial charge >= 0.3 is 0 Å². The van der Waals surface area contributed by atoms with Gasteiger partial charge in [0.2, 0.25) is 0 Å². The first-order valence-electron chi connectivity index (χ1n) is 7.79. The van der Waals surface area contributed by atoms with E-state index in [2.05, 4.69) is 24.2 Å². The molecule has 1 aliphatic rings.